The zero-order chi connectivity index (χ0) is 13.8. The van der Waals surface area contributed by atoms with Crippen LogP contribution in [0.15, 0.2) is 36.4 Å². The Morgan fingerprint density at radius 3 is 2.47 bits per heavy atom. The average Bonchev–Trinajstić information content (AvgIpc) is 2.63. The molecule has 98 valence electrons. The summed E-state index contributed by atoms with van der Waals surface area (Å²) in [5.74, 6) is -1.47. The third-order valence-electron chi connectivity index (χ3n) is 3.30. The standard InChI is InChI=1S/C13H8F3NO2/c14-13(15,16)12(19)9-6-5-7-3-1-2-4-8(7)10(9)17-11(12)18/h1-6,19H,(H,17,18)/t12-/m1/s1. The minimum absolute atomic E-state index is 0.0166. The van der Waals surface area contributed by atoms with Gasteiger partial charge in [-0.15, -0.1) is 0 Å². The molecule has 3 rings (SSSR count). The van der Waals surface area contributed by atoms with Crippen LogP contribution in [0.3, 0.4) is 0 Å². The molecule has 6 heteroatoms. The van der Waals surface area contributed by atoms with Crippen molar-refractivity contribution in [2.75, 3.05) is 5.32 Å². The first-order chi connectivity index (χ1) is 8.85. The smallest absolute Gasteiger partial charge is 0.368 e. The minimum Gasteiger partial charge on any atom is -0.368 e. The number of hydrogen-bond acceptors (Lipinski definition) is 2. The van der Waals surface area contributed by atoms with E-state index in [9.17, 15) is 23.1 Å². The number of amides is 1. The van der Waals surface area contributed by atoms with Crippen LogP contribution in [0, 0.1) is 0 Å². The van der Waals surface area contributed by atoms with Gasteiger partial charge in [0, 0.05) is 10.9 Å². The van der Waals surface area contributed by atoms with Gasteiger partial charge < -0.3 is 10.4 Å². The summed E-state index contributed by atoms with van der Waals surface area (Å²) in [5, 5.41) is 13.1. The summed E-state index contributed by atoms with van der Waals surface area (Å²) in [7, 11) is 0. The third-order valence-corrected chi connectivity index (χ3v) is 3.30. The molecule has 1 heterocycles. The van der Waals surface area contributed by atoms with Crippen molar-refractivity contribution in [3.8, 4) is 0 Å². The van der Waals surface area contributed by atoms with E-state index in [1.165, 1.54) is 6.07 Å². The van der Waals surface area contributed by atoms with Gasteiger partial charge in [-0.2, -0.15) is 13.2 Å². The Kier molecular flexibility index (Phi) is 2.19. The van der Waals surface area contributed by atoms with E-state index >= 15 is 0 Å². The normalized spacial score (nSPS) is 22.4. The zero-order valence-electron chi connectivity index (χ0n) is 9.45. The van der Waals surface area contributed by atoms with Gasteiger partial charge in [-0.3, -0.25) is 4.79 Å². The Balaban J connectivity index is 2.35. The van der Waals surface area contributed by atoms with E-state index in [0.29, 0.717) is 10.8 Å². The molecule has 0 aromatic heterocycles. The second-order valence-corrected chi connectivity index (χ2v) is 4.37. The zero-order valence-corrected chi connectivity index (χ0v) is 9.45. The van der Waals surface area contributed by atoms with Gasteiger partial charge in [-0.05, 0) is 5.39 Å². The van der Waals surface area contributed by atoms with Crippen molar-refractivity contribution in [1.82, 2.24) is 0 Å². The lowest BCUT2D eigenvalue weighted by Crippen LogP contribution is -2.47. The highest BCUT2D eigenvalue weighted by atomic mass is 19.4. The highest BCUT2D eigenvalue weighted by Gasteiger charge is 2.64. The number of nitrogens with one attached hydrogen (secondary N) is 1. The third kappa shape index (κ3) is 1.40. The van der Waals surface area contributed by atoms with E-state index in [1.54, 1.807) is 24.3 Å². The first-order valence-electron chi connectivity index (χ1n) is 5.48. The molecule has 1 atom stereocenters. The van der Waals surface area contributed by atoms with E-state index < -0.39 is 23.2 Å². The Morgan fingerprint density at radius 2 is 1.79 bits per heavy atom. The molecule has 0 unspecified atom stereocenters. The monoisotopic (exact) mass is 267 g/mol. The Labute approximate surface area is 105 Å². The van der Waals surface area contributed by atoms with E-state index in [-0.39, 0.29) is 5.69 Å². The van der Waals surface area contributed by atoms with Gasteiger partial charge in [0.2, 0.25) is 0 Å². The van der Waals surface area contributed by atoms with E-state index in [0.717, 1.165) is 6.07 Å². The largest absolute Gasteiger partial charge is 0.430 e. The van der Waals surface area contributed by atoms with Crippen molar-refractivity contribution in [3.63, 3.8) is 0 Å². The number of hydrogen-bond donors (Lipinski definition) is 2. The predicted molar refractivity (Wildman–Crippen MR) is 62.5 cm³/mol. The Morgan fingerprint density at radius 1 is 1.11 bits per heavy atom. The number of rotatable bonds is 0. The predicted octanol–water partition coefficient (Wildman–Crippen LogP) is 2.54. The van der Waals surface area contributed by atoms with E-state index in [4.69, 9.17) is 0 Å². The van der Waals surface area contributed by atoms with Crippen LogP contribution in [-0.4, -0.2) is 17.2 Å². The molecule has 1 aliphatic heterocycles. The molecular formula is C13H8F3NO2. The van der Waals surface area contributed by atoms with Gasteiger partial charge in [0.25, 0.3) is 11.5 Å². The first-order valence-corrected chi connectivity index (χ1v) is 5.48. The molecule has 0 saturated carbocycles. The van der Waals surface area contributed by atoms with Crippen molar-refractivity contribution < 1.29 is 23.1 Å². The molecule has 0 spiro atoms. The molecule has 2 aromatic carbocycles. The van der Waals surface area contributed by atoms with Crippen LogP contribution in [0.5, 0.6) is 0 Å². The van der Waals surface area contributed by atoms with Gasteiger partial charge in [-0.1, -0.05) is 36.4 Å². The molecule has 2 N–H and O–H groups in total. The molecule has 1 amide bonds. The van der Waals surface area contributed by atoms with Crippen LogP contribution in [0.2, 0.25) is 0 Å². The van der Waals surface area contributed by atoms with Crippen LogP contribution in [-0.2, 0) is 10.4 Å². The van der Waals surface area contributed by atoms with Gasteiger partial charge in [0.15, 0.2) is 0 Å². The number of carbonyl (C=O) groups excluding carboxylic acids is 1. The summed E-state index contributed by atoms with van der Waals surface area (Å²) in [6.45, 7) is 0. The Hall–Kier alpha value is -2.08. The fourth-order valence-electron chi connectivity index (χ4n) is 2.32. The summed E-state index contributed by atoms with van der Waals surface area (Å²) in [5.41, 5.74) is -3.92. The van der Waals surface area contributed by atoms with Crippen molar-refractivity contribution in [3.05, 3.63) is 42.0 Å². The van der Waals surface area contributed by atoms with Gasteiger partial charge in [0.05, 0.1) is 5.69 Å². The number of alkyl halides is 3. The van der Waals surface area contributed by atoms with E-state index in [1.807, 2.05) is 0 Å². The topological polar surface area (TPSA) is 49.3 Å². The maximum absolute atomic E-state index is 13.0. The lowest BCUT2D eigenvalue weighted by atomic mass is 9.92. The van der Waals surface area contributed by atoms with Gasteiger partial charge in [0.1, 0.15) is 0 Å². The molecular weight excluding hydrogens is 259 g/mol. The molecule has 0 aliphatic carbocycles. The van der Waals surface area contributed by atoms with Crippen molar-refractivity contribution in [1.29, 1.82) is 0 Å². The first kappa shape index (κ1) is 12.0. The molecule has 1 aliphatic rings. The fraction of sp³-hybridized carbons (Fsp3) is 0.154. The number of benzene rings is 2. The lowest BCUT2D eigenvalue weighted by Gasteiger charge is -2.23. The van der Waals surface area contributed by atoms with Crippen LogP contribution in [0.25, 0.3) is 10.8 Å². The molecule has 19 heavy (non-hydrogen) atoms. The highest BCUT2D eigenvalue weighted by molar-refractivity contribution is 6.13. The minimum atomic E-state index is -5.06. The maximum Gasteiger partial charge on any atom is 0.430 e. The Bertz CT molecular complexity index is 696. The summed E-state index contributed by atoms with van der Waals surface area (Å²) >= 11 is 0. The van der Waals surface area contributed by atoms with Crippen LogP contribution in [0.4, 0.5) is 18.9 Å². The number of anilines is 1. The number of carbonyl (C=O) groups is 1. The van der Waals surface area contributed by atoms with Gasteiger partial charge in [-0.25, -0.2) is 0 Å². The number of halogens is 3. The summed E-state index contributed by atoms with van der Waals surface area (Å²) in [4.78, 5) is 11.6. The summed E-state index contributed by atoms with van der Waals surface area (Å²) in [6.07, 6.45) is -5.06. The maximum atomic E-state index is 13.0. The number of fused-ring (bicyclic) bond motifs is 3. The van der Waals surface area contributed by atoms with E-state index in [2.05, 4.69) is 5.32 Å². The molecule has 0 radical (unpaired) electrons. The number of aliphatic hydroxyl groups is 1. The molecule has 0 fully saturated rings. The molecule has 2 aromatic rings. The average molecular weight is 267 g/mol. The second-order valence-electron chi connectivity index (χ2n) is 4.37. The van der Waals surface area contributed by atoms with Crippen molar-refractivity contribution in [2.45, 2.75) is 11.8 Å². The van der Waals surface area contributed by atoms with Gasteiger partial charge >= 0.3 is 6.18 Å². The second kappa shape index (κ2) is 3.48. The SMILES string of the molecule is O=C1Nc2c(ccc3ccccc23)[C@]1(O)C(F)(F)F. The fourth-order valence-corrected chi connectivity index (χ4v) is 2.32. The molecule has 0 bridgehead atoms. The van der Waals surface area contributed by atoms with Crippen molar-refractivity contribution >= 4 is 22.4 Å². The van der Waals surface area contributed by atoms with Crippen LogP contribution < -0.4 is 5.32 Å². The lowest BCUT2D eigenvalue weighted by molar-refractivity contribution is -0.252. The molecule has 3 nitrogen and oxygen atoms in total. The van der Waals surface area contributed by atoms with Crippen LogP contribution >= 0.6 is 0 Å². The molecule has 0 saturated heterocycles. The summed E-state index contributed by atoms with van der Waals surface area (Å²) in [6, 6.07) is 9.28. The van der Waals surface area contributed by atoms with Crippen molar-refractivity contribution in [2.24, 2.45) is 0 Å². The van der Waals surface area contributed by atoms with Crippen LogP contribution in [0.1, 0.15) is 5.56 Å². The quantitative estimate of drug-likeness (QED) is 0.770. The summed E-state index contributed by atoms with van der Waals surface area (Å²) < 4.78 is 38.9. The highest BCUT2D eigenvalue weighted by Crippen LogP contribution is 2.48.